The minimum Gasteiger partial charge on any atom is -0.480 e. The van der Waals surface area contributed by atoms with Crippen molar-refractivity contribution >= 4 is 11.9 Å². The quantitative estimate of drug-likeness (QED) is 0.536. The van der Waals surface area contributed by atoms with Crippen molar-refractivity contribution in [3.05, 3.63) is 0 Å². The van der Waals surface area contributed by atoms with Crippen LogP contribution in [0.2, 0.25) is 0 Å². The highest BCUT2D eigenvalue weighted by Gasteiger charge is 2.51. The maximum absolute atomic E-state index is 12.1. The Morgan fingerprint density at radius 2 is 1.67 bits per heavy atom. The van der Waals surface area contributed by atoms with Crippen LogP contribution < -0.4 is 0 Å². The Hall–Kier alpha value is -1.06. The summed E-state index contributed by atoms with van der Waals surface area (Å²) in [5.74, 6) is -1.72. The van der Waals surface area contributed by atoms with E-state index in [1.165, 1.54) is 0 Å². The van der Waals surface area contributed by atoms with Crippen LogP contribution in [0.25, 0.3) is 0 Å². The number of ether oxygens (including phenoxy) is 1. The summed E-state index contributed by atoms with van der Waals surface area (Å²) in [6.45, 7) is 9.49. The molecule has 0 saturated carbocycles. The summed E-state index contributed by atoms with van der Waals surface area (Å²) in [7, 11) is 0. The van der Waals surface area contributed by atoms with Crippen molar-refractivity contribution in [3.63, 3.8) is 0 Å². The van der Waals surface area contributed by atoms with Gasteiger partial charge >= 0.3 is 11.9 Å². The predicted octanol–water partition coefficient (Wildman–Crippen LogP) is 3.10. The lowest BCUT2D eigenvalue weighted by molar-refractivity contribution is -0.174. The third-order valence-corrected chi connectivity index (χ3v) is 3.77. The molecule has 18 heavy (non-hydrogen) atoms. The molecule has 1 N–H and O–H groups in total. The number of carboxylic acid groups (broad SMARTS) is 1. The molecule has 0 aliphatic carbocycles. The van der Waals surface area contributed by atoms with Crippen molar-refractivity contribution in [2.75, 3.05) is 6.61 Å². The first-order chi connectivity index (χ1) is 8.36. The Morgan fingerprint density at radius 1 is 1.17 bits per heavy atom. The van der Waals surface area contributed by atoms with Gasteiger partial charge in [0.2, 0.25) is 0 Å². The molecule has 0 fully saturated rings. The van der Waals surface area contributed by atoms with E-state index < -0.39 is 17.4 Å². The Bertz CT molecular complexity index is 282. The average Bonchev–Trinajstić information content (AvgIpc) is 2.30. The smallest absolute Gasteiger partial charge is 0.323 e. The van der Waals surface area contributed by atoms with Crippen LogP contribution >= 0.6 is 0 Å². The van der Waals surface area contributed by atoms with Gasteiger partial charge in [-0.2, -0.15) is 0 Å². The Kier molecular flexibility index (Phi) is 6.96. The number of carbonyl (C=O) groups is 2. The van der Waals surface area contributed by atoms with Gasteiger partial charge in [0.25, 0.3) is 0 Å². The van der Waals surface area contributed by atoms with E-state index >= 15 is 0 Å². The number of hydrogen-bond donors (Lipinski definition) is 1. The summed E-state index contributed by atoms with van der Waals surface area (Å²) in [4.78, 5) is 23.8. The van der Waals surface area contributed by atoms with Gasteiger partial charge in [0, 0.05) is 0 Å². The third-order valence-electron chi connectivity index (χ3n) is 3.77. The normalized spacial score (nSPS) is 14.6. The van der Waals surface area contributed by atoms with E-state index in [0.717, 1.165) is 12.8 Å². The monoisotopic (exact) mass is 258 g/mol. The Morgan fingerprint density at radius 3 is 1.94 bits per heavy atom. The van der Waals surface area contributed by atoms with Gasteiger partial charge in [-0.05, 0) is 25.2 Å². The number of carboxylic acids is 1. The molecule has 0 spiro atoms. The Balaban J connectivity index is 5.35. The second-order valence-corrected chi connectivity index (χ2v) is 5.04. The number of hydrogen-bond acceptors (Lipinski definition) is 3. The van der Waals surface area contributed by atoms with E-state index in [1.54, 1.807) is 20.8 Å². The van der Waals surface area contributed by atoms with Gasteiger partial charge in [-0.25, -0.2) is 0 Å². The summed E-state index contributed by atoms with van der Waals surface area (Å²) < 4.78 is 5.00. The van der Waals surface area contributed by atoms with Crippen molar-refractivity contribution in [3.8, 4) is 0 Å². The maximum Gasteiger partial charge on any atom is 0.323 e. The fourth-order valence-electron chi connectivity index (χ4n) is 2.27. The van der Waals surface area contributed by atoms with Crippen molar-refractivity contribution in [1.29, 1.82) is 0 Å². The lowest BCUT2D eigenvalue weighted by Gasteiger charge is -2.33. The molecule has 0 radical (unpaired) electrons. The largest absolute Gasteiger partial charge is 0.480 e. The van der Waals surface area contributed by atoms with Crippen LogP contribution in [0.5, 0.6) is 0 Å². The standard InChI is InChI=1S/C14H26O4/c1-6-11(7-2)9-14(10(4)5,12(15)16)13(17)18-8-3/h10-11H,6-9H2,1-5H3,(H,15,16). The summed E-state index contributed by atoms with van der Waals surface area (Å²) in [5, 5.41) is 9.53. The molecule has 4 nitrogen and oxygen atoms in total. The second-order valence-electron chi connectivity index (χ2n) is 5.04. The first kappa shape index (κ1) is 16.9. The summed E-state index contributed by atoms with van der Waals surface area (Å²) >= 11 is 0. The zero-order chi connectivity index (χ0) is 14.3. The first-order valence-electron chi connectivity index (χ1n) is 6.77. The van der Waals surface area contributed by atoms with Crippen molar-refractivity contribution in [1.82, 2.24) is 0 Å². The molecule has 0 bridgehead atoms. The van der Waals surface area contributed by atoms with E-state index in [-0.39, 0.29) is 18.4 Å². The van der Waals surface area contributed by atoms with Gasteiger partial charge in [0.1, 0.15) is 0 Å². The van der Waals surface area contributed by atoms with E-state index in [0.29, 0.717) is 6.42 Å². The molecule has 1 atom stereocenters. The van der Waals surface area contributed by atoms with Crippen LogP contribution in [-0.4, -0.2) is 23.7 Å². The number of aliphatic carboxylic acids is 1. The van der Waals surface area contributed by atoms with Gasteiger partial charge in [-0.1, -0.05) is 40.5 Å². The minimum atomic E-state index is -1.41. The van der Waals surface area contributed by atoms with Crippen molar-refractivity contribution < 1.29 is 19.4 Å². The molecule has 1 unspecified atom stereocenters. The Labute approximate surface area is 110 Å². The summed E-state index contributed by atoms with van der Waals surface area (Å²) in [5.41, 5.74) is -1.41. The molecule has 0 aromatic rings. The van der Waals surface area contributed by atoms with Crippen LogP contribution in [0.3, 0.4) is 0 Å². The van der Waals surface area contributed by atoms with E-state index in [2.05, 4.69) is 0 Å². The van der Waals surface area contributed by atoms with Gasteiger partial charge in [-0.3, -0.25) is 9.59 Å². The van der Waals surface area contributed by atoms with Crippen LogP contribution in [0.15, 0.2) is 0 Å². The van der Waals surface area contributed by atoms with E-state index in [4.69, 9.17) is 4.74 Å². The first-order valence-corrected chi connectivity index (χ1v) is 6.77. The highest BCUT2D eigenvalue weighted by molar-refractivity contribution is 5.99. The molecule has 0 rings (SSSR count). The lowest BCUT2D eigenvalue weighted by atomic mass is 9.70. The number of rotatable bonds is 8. The van der Waals surface area contributed by atoms with Crippen LogP contribution in [0.4, 0.5) is 0 Å². The number of carbonyl (C=O) groups excluding carboxylic acids is 1. The van der Waals surface area contributed by atoms with E-state index in [1.807, 2.05) is 13.8 Å². The average molecular weight is 258 g/mol. The summed E-state index contributed by atoms with van der Waals surface area (Å²) in [6.07, 6.45) is 2.10. The topological polar surface area (TPSA) is 63.6 Å². The fraction of sp³-hybridized carbons (Fsp3) is 0.857. The van der Waals surface area contributed by atoms with Gasteiger partial charge in [0.05, 0.1) is 6.61 Å². The zero-order valence-corrected chi connectivity index (χ0v) is 12.2. The molecule has 0 aliphatic rings. The van der Waals surface area contributed by atoms with Crippen molar-refractivity contribution in [2.24, 2.45) is 17.3 Å². The highest BCUT2D eigenvalue weighted by Crippen LogP contribution is 2.38. The van der Waals surface area contributed by atoms with E-state index in [9.17, 15) is 14.7 Å². The molecule has 0 heterocycles. The third kappa shape index (κ3) is 3.47. The van der Waals surface area contributed by atoms with Gasteiger partial charge < -0.3 is 9.84 Å². The molecular formula is C14H26O4. The number of esters is 1. The van der Waals surface area contributed by atoms with Crippen LogP contribution in [0, 0.1) is 17.3 Å². The molecule has 0 aliphatic heterocycles. The SMILES string of the molecule is CCOC(=O)C(CC(CC)CC)(C(=O)O)C(C)C. The van der Waals surface area contributed by atoms with Crippen molar-refractivity contribution in [2.45, 2.75) is 53.9 Å². The van der Waals surface area contributed by atoms with Crippen LogP contribution in [-0.2, 0) is 14.3 Å². The molecule has 4 heteroatoms. The van der Waals surface area contributed by atoms with Gasteiger partial charge in [0.15, 0.2) is 5.41 Å². The summed E-state index contributed by atoms with van der Waals surface area (Å²) in [6, 6.07) is 0. The minimum absolute atomic E-state index is 0.212. The zero-order valence-electron chi connectivity index (χ0n) is 12.2. The lowest BCUT2D eigenvalue weighted by Crippen LogP contribution is -2.46. The predicted molar refractivity (Wildman–Crippen MR) is 70.2 cm³/mol. The molecular weight excluding hydrogens is 232 g/mol. The molecule has 0 amide bonds. The molecule has 0 saturated heterocycles. The fourth-order valence-corrected chi connectivity index (χ4v) is 2.27. The second kappa shape index (κ2) is 7.39. The highest BCUT2D eigenvalue weighted by atomic mass is 16.5. The molecule has 106 valence electrons. The molecule has 0 aromatic carbocycles. The van der Waals surface area contributed by atoms with Gasteiger partial charge in [-0.15, -0.1) is 0 Å². The molecule has 0 aromatic heterocycles. The van der Waals surface area contributed by atoms with Crippen LogP contribution in [0.1, 0.15) is 53.9 Å². The maximum atomic E-state index is 12.1.